The lowest BCUT2D eigenvalue weighted by molar-refractivity contribution is -0.134. The Balaban J connectivity index is 1.88. The molecule has 1 aliphatic heterocycles. The molecule has 106 valence electrons. The van der Waals surface area contributed by atoms with Crippen molar-refractivity contribution in [3.63, 3.8) is 0 Å². The Morgan fingerprint density at radius 1 is 1.32 bits per heavy atom. The lowest BCUT2D eigenvalue weighted by Gasteiger charge is -2.40. The summed E-state index contributed by atoms with van der Waals surface area (Å²) >= 11 is 3.46. The summed E-state index contributed by atoms with van der Waals surface area (Å²) in [7, 11) is 0. The van der Waals surface area contributed by atoms with E-state index >= 15 is 0 Å². The van der Waals surface area contributed by atoms with E-state index in [1.165, 1.54) is 5.56 Å². The van der Waals surface area contributed by atoms with Crippen LogP contribution in [0.15, 0.2) is 28.7 Å². The maximum atomic E-state index is 9.39. The molecule has 1 aromatic carbocycles. The largest absolute Gasteiger partial charge is 0.396 e. The van der Waals surface area contributed by atoms with Gasteiger partial charge >= 0.3 is 0 Å². The summed E-state index contributed by atoms with van der Waals surface area (Å²) in [5.74, 6) is 0. The zero-order valence-electron chi connectivity index (χ0n) is 11.6. The lowest BCUT2D eigenvalue weighted by atomic mass is 9.83. The van der Waals surface area contributed by atoms with Crippen LogP contribution in [0.5, 0.6) is 0 Å². The first-order valence-electron chi connectivity index (χ1n) is 6.63. The average Bonchev–Trinajstić information content (AvgIpc) is 2.33. The van der Waals surface area contributed by atoms with Gasteiger partial charge in [0.15, 0.2) is 0 Å². The second-order valence-electron chi connectivity index (χ2n) is 6.15. The third-order valence-electron chi connectivity index (χ3n) is 3.84. The topological polar surface area (TPSA) is 41.5 Å². The van der Waals surface area contributed by atoms with Crippen molar-refractivity contribution in [3.05, 3.63) is 34.3 Å². The summed E-state index contributed by atoms with van der Waals surface area (Å²) in [5.41, 5.74) is 1.32. The van der Waals surface area contributed by atoms with Gasteiger partial charge in [-0.05, 0) is 17.7 Å². The molecular formula is C15H22BrNO2. The minimum absolute atomic E-state index is 0.0597. The molecule has 0 saturated carbocycles. The second kappa shape index (κ2) is 5.92. The highest BCUT2D eigenvalue weighted by Gasteiger charge is 2.38. The third-order valence-corrected chi connectivity index (χ3v) is 4.37. The lowest BCUT2D eigenvalue weighted by Crippen LogP contribution is -2.53. The van der Waals surface area contributed by atoms with Crippen molar-refractivity contribution < 1.29 is 9.84 Å². The first-order chi connectivity index (χ1) is 8.97. The van der Waals surface area contributed by atoms with Crippen LogP contribution in [0.25, 0.3) is 0 Å². The molecular weight excluding hydrogens is 306 g/mol. The molecule has 2 rings (SSSR count). The number of hydrogen-bond donors (Lipinski definition) is 2. The van der Waals surface area contributed by atoms with Gasteiger partial charge in [-0.3, -0.25) is 0 Å². The first kappa shape index (κ1) is 15.0. The van der Waals surface area contributed by atoms with Gasteiger partial charge in [-0.25, -0.2) is 0 Å². The van der Waals surface area contributed by atoms with E-state index in [4.69, 9.17) is 4.74 Å². The summed E-state index contributed by atoms with van der Waals surface area (Å²) < 4.78 is 6.31. The number of aliphatic hydroxyl groups is 1. The van der Waals surface area contributed by atoms with Crippen LogP contribution in [0.1, 0.15) is 19.4 Å². The SMILES string of the molecule is CC(C)(CNCC1(CO)COC1)c1ccc(Br)cc1. The van der Waals surface area contributed by atoms with Crippen molar-refractivity contribution in [1.82, 2.24) is 5.32 Å². The maximum absolute atomic E-state index is 9.39. The van der Waals surface area contributed by atoms with Crippen LogP contribution < -0.4 is 5.32 Å². The van der Waals surface area contributed by atoms with Crippen LogP contribution in [0.2, 0.25) is 0 Å². The van der Waals surface area contributed by atoms with Crippen LogP contribution in [-0.2, 0) is 10.2 Å². The summed E-state index contributed by atoms with van der Waals surface area (Å²) in [4.78, 5) is 0. The molecule has 0 aliphatic carbocycles. The van der Waals surface area contributed by atoms with E-state index in [-0.39, 0.29) is 17.4 Å². The second-order valence-corrected chi connectivity index (χ2v) is 7.06. The molecule has 2 N–H and O–H groups in total. The molecule has 0 radical (unpaired) electrons. The van der Waals surface area contributed by atoms with Gasteiger partial charge in [-0.2, -0.15) is 0 Å². The highest BCUT2D eigenvalue weighted by molar-refractivity contribution is 9.10. The molecule has 1 saturated heterocycles. The van der Waals surface area contributed by atoms with Gasteiger partial charge in [-0.15, -0.1) is 0 Å². The van der Waals surface area contributed by atoms with Crippen LogP contribution in [0.3, 0.4) is 0 Å². The van der Waals surface area contributed by atoms with Gasteiger partial charge in [0.05, 0.1) is 25.2 Å². The van der Waals surface area contributed by atoms with E-state index in [2.05, 4.69) is 59.4 Å². The molecule has 1 heterocycles. The van der Waals surface area contributed by atoms with E-state index in [0.29, 0.717) is 13.2 Å². The maximum Gasteiger partial charge on any atom is 0.0579 e. The fraction of sp³-hybridized carbons (Fsp3) is 0.600. The molecule has 0 aromatic heterocycles. The standard InChI is InChI=1S/C15H22BrNO2/c1-14(2,12-3-5-13(16)6-4-12)7-17-8-15(9-18)10-19-11-15/h3-6,17-18H,7-11H2,1-2H3. The van der Waals surface area contributed by atoms with Gasteiger partial charge < -0.3 is 15.2 Å². The highest BCUT2D eigenvalue weighted by Crippen LogP contribution is 2.27. The predicted octanol–water partition coefficient (Wildman–Crippen LogP) is 2.33. The van der Waals surface area contributed by atoms with Gasteiger partial charge in [0.2, 0.25) is 0 Å². The van der Waals surface area contributed by atoms with Crippen LogP contribution >= 0.6 is 15.9 Å². The number of nitrogens with one attached hydrogen (secondary N) is 1. The minimum atomic E-state index is -0.0597. The molecule has 0 unspecified atom stereocenters. The van der Waals surface area contributed by atoms with Crippen LogP contribution in [0, 0.1) is 5.41 Å². The molecule has 0 atom stereocenters. The highest BCUT2D eigenvalue weighted by atomic mass is 79.9. The number of halogens is 1. The molecule has 4 heteroatoms. The zero-order valence-corrected chi connectivity index (χ0v) is 13.2. The Kier molecular flexibility index (Phi) is 4.66. The average molecular weight is 328 g/mol. The molecule has 3 nitrogen and oxygen atoms in total. The van der Waals surface area contributed by atoms with Gasteiger partial charge in [-0.1, -0.05) is 41.9 Å². The molecule has 0 amide bonds. The van der Waals surface area contributed by atoms with Crippen LogP contribution in [-0.4, -0.2) is 38.0 Å². The summed E-state index contributed by atoms with van der Waals surface area (Å²) in [6, 6.07) is 8.46. The summed E-state index contributed by atoms with van der Waals surface area (Å²) in [6.45, 7) is 7.67. The van der Waals surface area contributed by atoms with Gasteiger partial charge in [0.25, 0.3) is 0 Å². The minimum Gasteiger partial charge on any atom is -0.396 e. The normalized spacial score (nSPS) is 18.1. The smallest absolute Gasteiger partial charge is 0.0579 e. The van der Waals surface area contributed by atoms with Gasteiger partial charge in [0.1, 0.15) is 0 Å². The summed E-state index contributed by atoms with van der Waals surface area (Å²) in [6.07, 6.45) is 0. The fourth-order valence-electron chi connectivity index (χ4n) is 2.28. The zero-order chi connectivity index (χ0) is 13.9. The van der Waals surface area contributed by atoms with Crippen molar-refractivity contribution in [2.24, 2.45) is 5.41 Å². The van der Waals surface area contributed by atoms with Crippen molar-refractivity contribution in [1.29, 1.82) is 0 Å². The van der Waals surface area contributed by atoms with E-state index in [1.807, 2.05) is 0 Å². The molecule has 1 aromatic rings. The molecule has 19 heavy (non-hydrogen) atoms. The molecule has 1 fully saturated rings. The van der Waals surface area contributed by atoms with Crippen molar-refractivity contribution in [2.75, 3.05) is 32.9 Å². The quantitative estimate of drug-likeness (QED) is 0.842. The number of aliphatic hydroxyl groups excluding tert-OH is 1. The fourth-order valence-corrected chi connectivity index (χ4v) is 2.55. The molecule has 1 aliphatic rings. The molecule has 0 spiro atoms. The van der Waals surface area contributed by atoms with Crippen LogP contribution in [0.4, 0.5) is 0 Å². The van der Waals surface area contributed by atoms with Crippen molar-refractivity contribution >= 4 is 15.9 Å². The monoisotopic (exact) mass is 327 g/mol. The number of hydrogen-bond acceptors (Lipinski definition) is 3. The Morgan fingerprint density at radius 2 is 1.95 bits per heavy atom. The Hall–Kier alpha value is -0.420. The van der Waals surface area contributed by atoms with Crippen molar-refractivity contribution in [3.8, 4) is 0 Å². The van der Waals surface area contributed by atoms with E-state index in [9.17, 15) is 5.11 Å². The van der Waals surface area contributed by atoms with Crippen molar-refractivity contribution in [2.45, 2.75) is 19.3 Å². The van der Waals surface area contributed by atoms with E-state index in [0.717, 1.165) is 17.6 Å². The first-order valence-corrected chi connectivity index (χ1v) is 7.42. The Morgan fingerprint density at radius 3 is 2.42 bits per heavy atom. The summed E-state index contributed by atoms with van der Waals surface area (Å²) in [5, 5.41) is 12.9. The number of benzene rings is 1. The van der Waals surface area contributed by atoms with Gasteiger partial charge in [0, 0.05) is 23.0 Å². The van der Waals surface area contributed by atoms with E-state index < -0.39 is 0 Å². The Bertz CT molecular complexity index is 407. The number of ether oxygens (including phenoxy) is 1. The Labute approximate surface area is 123 Å². The molecule has 0 bridgehead atoms. The number of rotatable bonds is 6. The third kappa shape index (κ3) is 3.57. The van der Waals surface area contributed by atoms with E-state index in [1.54, 1.807) is 0 Å². The predicted molar refractivity (Wildman–Crippen MR) is 80.4 cm³/mol.